The van der Waals surface area contributed by atoms with Gasteiger partial charge in [0.15, 0.2) is 11.5 Å². The number of hydrogen-bond acceptors (Lipinski definition) is 4. The van der Waals surface area contributed by atoms with Crippen molar-refractivity contribution < 1.29 is 19.1 Å². The Kier molecular flexibility index (Phi) is 6.50. The number of hydrogen-bond donors (Lipinski definition) is 1. The van der Waals surface area contributed by atoms with Crippen molar-refractivity contribution in [2.24, 2.45) is 0 Å². The minimum absolute atomic E-state index is 0.0197. The average molecular weight is 349 g/mol. The molecule has 1 fully saturated rings. The van der Waals surface area contributed by atoms with Crippen LogP contribution in [-0.4, -0.2) is 57.2 Å². The first kappa shape index (κ1) is 18.9. The number of unbranched alkanes of at least 4 members (excludes halogenated alkanes) is 1. The minimum atomic E-state index is -0.197. The van der Waals surface area contributed by atoms with Gasteiger partial charge in [-0.25, -0.2) is 4.79 Å². The van der Waals surface area contributed by atoms with Gasteiger partial charge in [-0.15, -0.1) is 0 Å². The van der Waals surface area contributed by atoms with Crippen LogP contribution >= 0.6 is 0 Å². The third-order valence-electron chi connectivity index (χ3n) is 4.33. The van der Waals surface area contributed by atoms with Gasteiger partial charge in [0.25, 0.3) is 0 Å². The first-order chi connectivity index (χ1) is 12.0. The van der Waals surface area contributed by atoms with E-state index in [-0.39, 0.29) is 18.0 Å². The van der Waals surface area contributed by atoms with Crippen molar-refractivity contribution in [1.82, 2.24) is 10.2 Å². The quantitative estimate of drug-likeness (QED) is 0.820. The largest absolute Gasteiger partial charge is 0.493 e. The van der Waals surface area contributed by atoms with Crippen molar-refractivity contribution in [2.45, 2.75) is 32.2 Å². The summed E-state index contributed by atoms with van der Waals surface area (Å²) in [6.45, 7) is 3.24. The molecule has 0 aromatic heterocycles. The molecule has 0 unspecified atom stereocenters. The molecule has 0 saturated carbocycles. The van der Waals surface area contributed by atoms with E-state index in [1.54, 1.807) is 43.2 Å². The molecule has 1 heterocycles. The molecule has 138 valence electrons. The number of anilines is 1. The maximum Gasteiger partial charge on any atom is 0.317 e. The number of carbonyl (C=O) groups excluding carboxylic acids is 2. The second-order valence-corrected chi connectivity index (χ2v) is 6.17. The third kappa shape index (κ3) is 4.55. The Bertz CT molecular complexity index is 620. The SMILES string of the molecule is CCCCN(C)C(=O)N[C@@H]1CC(=O)N(c2ccc(OC)c(OC)c2)C1. The number of carbonyl (C=O) groups is 2. The highest BCUT2D eigenvalue weighted by molar-refractivity contribution is 5.97. The fourth-order valence-corrected chi connectivity index (χ4v) is 2.83. The molecule has 0 spiro atoms. The number of nitrogens with one attached hydrogen (secondary N) is 1. The molecule has 1 aliphatic rings. The van der Waals surface area contributed by atoms with Gasteiger partial charge in [0.1, 0.15) is 0 Å². The van der Waals surface area contributed by atoms with Gasteiger partial charge in [0, 0.05) is 38.3 Å². The standard InChI is InChI=1S/C18H27N3O4/c1-5-6-9-20(2)18(23)19-13-10-17(22)21(12-13)14-7-8-15(24-3)16(11-14)25-4/h7-8,11,13H,5-6,9-10,12H2,1-4H3,(H,19,23)/t13-/m1/s1. The van der Waals surface area contributed by atoms with Gasteiger partial charge in [0.05, 0.1) is 20.3 Å². The zero-order valence-electron chi connectivity index (χ0n) is 15.4. The van der Waals surface area contributed by atoms with Gasteiger partial charge in [-0.3, -0.25) is 4.79 Å². The van der Waals surface area contributed by atoms with Gasteiger partial charge in [0.2, 0.25) is 5.91 Å². The smallest absolute Gasteiger partial charge is 0.317 e. The lowest BCUT2D eigenvalue weighted by Gasteiger charge is -2.21. The summed E-state index contributed by atoms with van der Waals surface area (Å²) >= 11 is 0. The topological polar surface area (TPSA) is 71.1 Å². The van der Waals surface area contributed by atoms with Crippen LogP contribution in [0.1, 0.15) is 26.2 Å². The van der Waals surface area contributed by atoms with E-state index in [2.05, 4.69) is 12.2 Å². The number of nitrogens with zero attached hydrogens (tertiary/aromatic N) is 2. The monoisotopic (exact) mass is 349 g/mol. The molecule has 0 radical (unpaired) electrons. The first-order valence-corrected chi connectivity index (χ1v) is 8.54. The van der Waals surface area contributed by atoms with Crippen LogP contribution in [0, 0.1) is 0 Å². The van der Waals surface area contributed by atoms with Crippen molar-refractivity contribution in [3.05, 3.63) is 18.2 Å². The number of rotatable bonds is 7. The van der Waals surface area contributed by atoms with E-state index >= 15 is 0 Å². The number of urea groups is 1. The molecule has 1 aromatic carbocycles. The fourth-order valence-electron chi connectivity index (χ4n) is 2.83. The summed E-state index contributed by atoms with van der Waals surface area (Å²) < 4.78 is 10.5. The fraction of sp³-hybridized carbons (Fsp3) is 0.556. The maximum atomic E-state index is 12.4. The number of ether oxygens (including phenoxy) is 2. The normalized spacial score (nSPS) is 16.7. The van der Waals surface area contributed by atoms with Crippen molar-refractivity contribution in [3.8, 4) is 11.5 Å². The molecule has 3 amide bonds. The molecule has 1 atom stereocenters. The number of benzene rings is 1. The molecular formula is C18H27N3O4. The van der Waals surface area contributed by atoms with Gasteiger partial charge < -0.3 is 24.6 Å². The summed E-state index contributed by atoms with van der Waals surface area (Å²) in [5.41, 5.74) is 0.735. The lowest BCUT2D eigenvalue weighted by Crippen LogP contribution is -2.44. The second kappa shape index (κ2) is 8.60. The summed E-state index contributed by atoms with van der Waals surface area (Å²) in [4.78, 5) is 27.9. The lowest BCUT2D eigenvalue weighted by molar-refractivity contribution is -0.117. The highest BCUT2D eigenvalue weighted by Crippen LogP contribution is 2.33. The van der Waals surface area contributed by atoms with Crippen molar-refractivity contribution in [1.29, 1.82) is 0 Å². The van der Waals surface area contributed by atoms with Crippen LogP contribution in [-0.2, 0) is 4.79 Å². The third-order valence-corrected chi connectivity index (χ3v) is 4.33. The van der Waals surface area contributed by atoms with Crippen molar-refractivity contribution >= 4 is 17.6 Å². The molecule has 7 heteroatoms. The van der Waals surface area contributed by atoms with Crippen LogP contribution in [0.15, 0.2) is 18.2 Å². The zero-order valence-corrected chi connectivity index (χ0v) is 15.4. The van der Waals surface area contributed by atoms with E-state index < -0.39 is 0 Å². The van der Waals surface area contributed by atoms with E-state index in [4.69, 9.17) is 9.47 Å². The lowest BCUT2D eigenvalue weighted by atomic mass is 10.2. The molecule has 1 aliphatic heterocycles. The predicted octanol–water partition coefficient (Wildman–Crippen LogP) is 2.25. The Labute approximate surface area is 148 Å². The van der Waals surface area contributed by atoms with Gasteiger partial charge in [-0.1, -0.05) is 13.3 Å². The Morgan fingerprint density at radius 2 is 2.04 bits per heavy atom. The highest BCUT2D eigenvalue weighted by atomic mass is 16.5. The Hall–Kier alpha value is -2.44. The average Bonchev–Trinajstić information content (AvgIpc) is 2.98. The highest BCUT2D eigenvalue weighted by Gasteiger charge is 2.32. The summed E-state index contributed by atoms with van der Waals surface area (Å²) in [6.07, 6.45) is 2.29. The van der Waals surface area contributed by atoms with Crippen molar-refractivity contribution in [2.75, 3.05) is 39.3 Å². The molecule has 1 aromatic rings. The molecule has 1 saturated heterocycles. The van der Waals surface area contributed by atoms with Gasteiger partial charge >= 0.3 is 6.03 Å². The molecule has 2 rings (SSSR count). The van der Waals surface area contributed by atoms with Crippen LogP contribution in [0.25, 0.3) is 0 Å². The first-order valence-electron chi connectivity index (χ1n) is 8.54. The number of methoxy groups -OCH3 is 2. The second-order valence-electron chi connectivity index (χ2n) is 6.17. The Morgan fingerprint density at radius 3 is 2.68 bits per heavy atom. The van der Waals surface area contributed by atoms with Crippen LogP contribution in [0.2, 0.25) is 0 Å². The van der Waals surface area contributed by atoms with Crippen LogP contribution < -0.4 is 19.7 Å². The van der Waals surface area contributed by atoms with Crippen LogP contribution in [0.5, 0.6) is 11.5 Å². The van der Waals surface area contributed by atoms with Crippen LogP contribution in [0.3, 0.4) is 0 Å². The van der Waals surface area contributed by atoms with E-state index in [0.717, 1.165) is 18.5 Å². The predicted molar refractivity (Wildman–Crippen MR) is 96.4 cm³/mol. The van der Waals surface area contributed by atoms with Crippen molar-refractivity contribution in [3.63, 3.8) is 0 Å². The Balaban J connectivity index is 2.01. The maximum absolute atomic E-state index is 12.4. The van der Waals surface area contributed by atoms with E-state index in [1.807, 2.05) is 6.07 Å². The molecule has 7 nitrogen and oxygen atoms in total. The van der Waals surface area contributed by atoms with Gasteiger partial charge in [-0.05, 0) is 18.6 Å². The van der Waals surface area contributed by atoms with Crippen LogP contribution in [0.4, 0.5) is 10.5 Å². The Morgan fingerprint density at radius 1 is 1.32 bits per heavy atom. The molecule has 1 N–H and O–H groups in total. The van der Waals surface area contributed by atoms with E-state index in [1.165, 1.54) is 0 Å². The summed E-state index contributed by atoms with van der Waals surface area (Å²) in [5, 5.41) is 2.94. The molecule has 25 heavy (non-hydrogen) atoms. The molecular weight excluding hydrogens is 322 g/mol. The molecule has 0 aliphatic carbocycles. The zero-order chi connectivity index (χ0) is 18.4. The summed E-state index contributed by atoms with van der Waals surface area (Å²) in [5.74, 6) is 1.16. The van der Waals surface area contributed by atoms with E-state index in [9.17, 15) is 9.59 Å². The summed E-state index contributed by atoms with van der Waals surface area (Å²) in [6, 6.07) is 5.02. The summed E-state index contributed by atoms with van der Waals surface area (Å²) in [7, 11) is 4.90. The number of amides is 3. The minimum Gasteiger partial charge on any atom is -0.493 e. The molecule has 0 bridgehead atoms. The van der Waals surface area contributed by atoms with Gasteiger partial charge in [-0.2, -0.15) is 0 Å². The van der Waals surface area contributed by atoms with E-state index in [0.29, 0.717) is 31.0 Å².